The van der Waals surface area contributed by atoms with Gasteiger partial charge in [-0.05, 0) is 37.8 Å². The van der Waals surface area contributed by atoms with Crippen molar-refractivity contribution in [3.05, 3.63) is 41.0 Å². The fraction of sp³-hybridized carbons (Fsp3) is 0.478. The van der Waals surface area contributed by atoms with Crippen LogP contribution in [0.5, 0.6) is 0 Å². The van der Waals surface area contributed by atoms with Gasteiger partial charge in [0.15, 0.2) is 9.87 Å². The lowest BCUT2D eigenvalue weighted by atomic mass is 9.79. The molecule has 0 aliphatic carbocycles. The molecule has 5 rings (SSSR count). The standard InChI is InChI=1S/C23H29B2N5O5S2/c1-13-19(36-12-26-13)14-5-7-15(8-6-14)23(2)22(33)27-20(28-23)18-10-16(31)11-29(18)21(32)17-4-3-9-30(17)37(34,35)25-24/h5-8,12,16-18,25,31H,3-4,9-11,24H2,1-2H3,(H,27,28,33). The largest absolute Gasteiger partial charge is 0.391 e. The zero-order valence-electron chi connectivity index (χ0n) is 21.0. The van der Waals surface area contributed by atoms with Gasteiger partial charge in [0.1, 0.15) is 17.4 Å². The minimum atomic E-state index is -3.54. The molecule has 0 saturated carbocycles. The van der Waals surface area contributed by atoms with Crippen molar-refractivity contribution < 1.29 is 23.1 Å². The molecule has 0 radical (unpaired) electrons. The molecule has 37 heavy (non-hydrogen) atoms. The van der Waals surface area contributed by atoms with E-state index in [4.69, 9.17) is 0 Å². The first-order chi connectivity index (χ1) is 17.5. The maximum absolute atomic E-state index is 13.6. The molecule has 4 atom stereocenters. The highest BCUT2D eigenvalue weighted by molar-refractivity contribution is 8.17. The van der Waals surface area contributed by atoms with Crippen LogP contribution in [0.3, 0.4) is 0 Å². The van der Waals surface area contributed by atoms with Crippen LogP contribution in [0, 0.1) is 6.92 Å². The van der Waals surface area contributed by atoms with Crippen LogP contribution in [0.2, 0.25) is 0 Å². The number of carbonyl (C=O) groups is 2. The van der Waals surface area contributed by atoms with Crippen LogP contribution in [0.4, 0.5) is 0 Å². The Morgan fingerprint density at radius 1 is 1.32 bits per heavy atom. The van der Waals surface area contributed by atoms with E-state index in [9.17, 15) is 23.1 Å². The zero-order valence-corrected chi connectivity index (χ0v) is 22.7. The second kappa shape index (κ2) is 9.64. The lowest BCUT2D eigenvalue weighted by Crippen LogP contribution is -2.54. The van der Waals surface area contributed by atoms with Gasteiger partial charge in [0.05, 0.1) is 36.0 Å². The van der Waals surface area contributed by atoms with Crippen LogP contribution < -0.4 is 5.32 Å². The molecule has 4 heterocycles. The Kier molecular flexibility index (Phi) is 6.80. The van der Waals surface area contributed by atoms with E-state index in [1.54, 1.807) is 31.5 Å². The molecule has 0 spiro atoms. The molecule has 4 unspecified atom stereocenters. The number of nitrogens with zero attached hydrogens (tertiary/aromatic N) is 4. The number of β-amino-alcohol motifs (C(OH)–C–C–N with tert-alkyl or cyclic N) is 1. The first kappa shape index (κ1) is 26.1. The van der Waals surface area contributed by atoms with Gasteiger partial charge in [0, 0.05) is 19.5 Å². The molecular formula is C23H29B2N5O5S2. The first-order valence-electron chi connectivity index (χ1n) is 12.5. The molecule has 194 valence electrons. The van der Waals surface area contributed by atoms with Crippen molar-refractivity contribution in [2.45, 2.75) is 56.8 Å². The lowest BCUT2D eigenvalue weighted by Gasteiger charge is -2.32. The Bertz CT molecular complexity index is 1370. The number of nitrogens with one attached hydrogen (secondary N) is 1. The number of amidine groups is 1. The Hall–Kier alpha value is -2.54. The first-order valence-corrected chi connectivity index (χ1v) is 14.9. The van der Waals surface area contributed by atoms with Crippen molar-refractivity contribution >= 4 is 53.0 Å². The highest BCUT2D eigenvalue weighted by Gasteiger charge is 2.49. The number of aromatic nitrogens is 1. The monoisotopic (exact) mass is 541 g/mol. The number of aliphatic hydroxyl groups is 1. The van der Waals surface area contributed by atoms with Gasteiger partial charge in [-0.25, -0.2) is 17.7 Å². The maximum Gasteiger partial charge on any atom is 0.277 e. The van der Waals surface area contributed by atoms with Crippen LogP contribution in [0.1, 0.15) is 37.4 Å². The van der Waals surface area contributed by atoms with E-state index in [1.165, 1.54) is 9.21 Å². The molecule has 3 aliphatic rings. The third kappa shape index (κ3) is 4.53. The van der Waals surface area contributed by atoms with E-state index in [0.717, 1.165) is 21.7 Å². The predicted molar refractivity (Wildman–Crippen MR) is 146 cm³/mol. The summed E-state index contributed by atoms with van der Waals surface area (Å²) in [5.74, 6) is -0.414. The van der Waals surface area contributed by atoms with E-state index in [0.29, 0.717) is 25.2 Å². The number of benzene rings is 1. The molecule has 1 aromatic carbocycles. The normalized spacial score (nSPS) is 28.4. The number of amides is 2. The minimum Gasteiger partial charge on any atom is -0.391 e. The summed E-state index contributed by atoms with van der Waals surface area (Å²) in [7, 11) is -1.98. The summed E-state index contributed by atoms with van der Waals surface area (Å²) in [5.41, 5.74) is 3.37. The van der Waals surface area contributed by atoms with E-state index < -0.39 is 33.6 Å². The molecule has 0 bridgehead atoms. The molecule has 2 fully saturated rings. The molecular weight excluding hydrogens is 512 g/mol. The highest BCUT2D eigenvalue weighted by atomic mass is 32.2. The number of aliphatic imine (C=N–C) groups is 1. The van der Waals surface area contributed by atoms with E-state index >= 15 is 0 Å². The van der Waals surface area contributed by atoms with Gasteiger partial charge in [-0.3, -0.25) is 9.59 Å². The second-order valence-electron chi connectivity index (χ2n) is 9.96. The molecule has 1 aromatic heterocycles. The molecule has 14 heteroatoms. The summed E-state index contributed by atoms with van der Waals surface area (Å²) in [5, 5.41) is 13.7. The molecule has 2 saturated heterocycles. The fourth-order valence-corrected chi connectivity index (χ4v) is 7.57. The zero-order chi connectivity index (χ0) is 26.5. The number of likely N-dealkylation sites (tertiary alicyclic amines) is 1. The summed E-state index contributed by atoms with van der Waals surface area (Å²) >= 11 is 1.56. The van der Waals surface area contributed by atoms with Crippen molar-refractivity contribution in [2.75, 3.05) is 13.1 Å². The summed E-state index contributed by atoms with van der Waals surface area (Å²) in [6.07, 6.45) is 0.381. The summed E-state index contributed by atoms with van der Waals surface area (Å²) in [6.45, 7) is 4.08. The van der Waals surface area contributed by atoms with Crippen molar-refractivity contribution in [3.63, 3.8) is 0 Å². The fourth-order valence-electron chi connectivity index (χ4n) is 5.44. The van der Waals surface area contributed by atoms with Gasteiger partial charge in [0.2, 0.25) is 5.91 Å². The maximum atomic E-state index is 13.6. The van der Waals surface area contributed by atoms with Crippen LogP contribution in [0.15, 0.2) is 34.8 Å². The summed E-state index contributed by atoms with van der Waals surface area (Å²) in [4.78, 5) is 37.9. The number of rotatable bonds is 6. The number of aliphatic hydroxyl groups excluding tert-OH is 1. The van der Waals surface area contributed by atoms with Crippen LogP contribution in [-0.2, 0) is 25.0 Å². The Morgan fingerprint density at radius 3 is 2.70 bits per heavy atom. The smallest absolute Gasteiger partial charge is 0.277 e. The third-order valence-electron chi connectivity index (χ3n) is 7.59. The van der Waals surface area contributed by atoms with Gasteiger partial charge in [-0.2, -0.15) is 4.99 Å². The van der Waals surface area contributed by atoms with Gasteiger partial charge in [-0.1, -0.05) is 24.3 Å². The van der Waals surface area contributed by atoms with Gasteiger partial charge < -0.3 is 15.3 Å². The Morgan fingerprint density at radius 2 is 2.05 bits per heavy atom. The number of thiazole rings is 1. The van der Waals surface area contributed by atoms with Crippen molar-refractivity contribution in [3.8, 4) is 10.4 Å². The lowest BCUT2D eigenvalue weighted by molar-refractivity contribution is -0.134. The number of aryl methyl sites for hydroxylation is 1. The van der Waals surface area contributed by atoms with Crippen LogP contribution in [-0.4, -0.2) is 90.8 Å². The summed E-state index contributed by atoms with van der Waals surface area (Å²) < 4.78 is 26.4. The Labute approximate surface area is 221 Å². The molecule has 2 N–H and O–H groups in total. The van der Waals surface area contributed by atoms with Crippen molar-refractivity contribution in [1.82, 2.24) is 19.5 Å². The molecule has 2 amide bonds. The summed E-state index contributed by atoms with van der Waals surface area (Å²) in [6, 6.07) is 6.23. The predicted octanol–water partition coefficient (Wildman–Crippen LogP) is -0.482. The van der Waals surface area contributed by atoms with Crippen LogP contribution >= 0.6 is 11.3 Å². The Balaban J connectivity index is 1.37. The topological polar surface area (TPSA) is 132 Å². The third-order valence-corrected chi connectivity index (χ3v) is 10.4. The van der Waals surface area contributed by atoms with Crippen LogP contribution in [0.25, 0.3) is 10.4 Å². The molecule has 2 aromatic rings. The average Bonchev–Trinajstić information content (AvgIpc) is 3.66. The molecule has 3 aliphatic heterocycles. The quantitative estimate of drug-likeness (QED) is 0.473. The minimum absolute atomic E-state index is 0.0640. The second-order valence-corrected chi connectivity index (χ2v) is 13.0. The van der Waals surface area contributed by atoms with E-state index in [-0.39, 0.29) is 31.2 Å². The van der Waals surface area contributed by atoms with Crippen molar-refractivity contribution in [1.29, 1.82) is 0 Å². The van der Waals surface area contributed by atoms with E-state index in [2.05, 4.69) is 15.3 Å². The SMILES string of the molecule is BBS(=O)(=O)N1CCCC1C(=O)N1CC(O)CC1C1=NC(=O)C(C)(c2ccc(-c3scnc3C)cc2)N1. The number of hydrogen-bond acceptors (Lipinski definition) is 8. The average molecular weight is 541 g/mol. The molecule has 10 nitrogen and oxygen atoms in total. The van der Waals surface area contributed by atoms with Gasteiger partial charge in [0.25, 0.3) is 12.4 Å². The highest BCUT2D eigenvalue weighted by Crippen LogP contribution is 2.34. The van der Waals surface area contributed by atoms with E-state index in [1.807, 2.05) is 31.2 Å². The van der Waals surface area contributed by atoms with Gasteiger partial charge >= 0.3 is 0 Å². The van der Waals surface area contributed by atoms with Gasteiger partial charge in [-0.15, -0.1) is 11.3 Å². The van der Waals surface area contributed by atoms with Crippen molar-refractivity contribution in [2.24, 2.45) is 4.99 Å². The number of carbonyl (C=O) groups excluding carboxylic acids is 2. The number of hydrogen-bond donors (Lipinski definition) is 2.